The molecule has 0 aliphatic heterocycles. The molecule has 1 N–H and O–H groups in total. The van der Waals surface area contributed by atoms with E-state index in [1.807, 2.05) is 0 Å². The van der Waals surface area contributed by atoms with Crippen LogP contribution in [0.2, 0.25) is 0 Å². The first-order valence-electron chi connectivity index (χ1n) is 4.48. The third-order valence-corrected chi connectivity index (χ3v) is 1.84. The van der Waals surface area contributed by atoms with Crippen molar-refractivity contribution in [3.8, 4) is 0 Å². The predicted molar refractivity (Wildman–Crippen MR) is 61.0 cm³/mol. The number of nitrogens with one attached hydrogen (secondary N) is 1. The number of carbonyl (C=O) groups is 1. The smallest absolute Gasteiger partial charge is 0.728 e. The van der Waals surface area contributed by atoms with Crippen molar-refractivity contribution in [1.29, 1.82) is 0 Å². The molecule has 0 aliphatic carbocycles. The van der Waals surface area contributed by atoms with Gasteiger partial charge in [0.1, 0.15) is 0 Å². The van der Waals surface area contributed by atoms with Crippen molar-refractivity contribution in [3.05, 3.63) is 37.1 Å². The molecule has 0 aliphatic rings. The van der Waals surface area contributed by atoms with Crippen LogP contribution in [0, 0.1) is 0 Å². The average molecular weight is 293 g/mol. The van der Waals surface area contributed by atoms with Gasteiger partial charge in [0, 0.05) is 5.69 Å². The van der Waals surface area contributed by atoms with Gasteiger partial charge in [-0.05, 0) is 24.3 Å². The minimum absolute atomic E-state index is 0. The molecule has 0 bridgehead atoms. The summed E-state index contributed by atoms with van der Waals surface area (Å²) in [4.78, 5) is 11.0. The monoisotopic (exact) mass is 293 g/mol. The summed E-state index contributed by atoms with van der Waals surface area (Å²) in [6.45, 7) is 3.21. The molecule has 10 heteroatoms. The summed E-state index contributed by atoms with van der Waals surface area (Å²) in [5.41, 5.74) is 0.544. The van der Waals surface area contributed by atoms with E-state index in [9.17, 15) is 17.8 Å². The number of anilines is 1. The Labute approximate surface area is 131 Å². The fourth-order valence-electron chi connectivity index (χ4n) is 0.932. The Balaban J connectivity index is 0.00000324. The molecule has 0 saturated heterocycles. The fourth-order valence-corrected chi connectivity index (χ4v) is 1.13. The van der Waals surface area contributed by atoms with Crippen molar-refractivity contribution in [2.45, 2.75) is 0 Å². The van der Waals surface area contributed by atoms with Gasteiger partial charge in [0.25, 0.3) is 0 Å². The van der Waals surface area contributed by atoms with E-state index in [2.05, 4.69) is 26.3 Å². The molecule has 1 amide bonds. The Morgan fingerprint density at radius 1 is 1.37 bits per heavy atom. The van der Waals surface area contributed by atoms with E-state index < -0.39 is 16.4 Å². The van der Waals surface area contributed by atoms with E-state index in [4.69, 9.17) is 0 Å². The average Bonchev–Trinajstić information content (AvgIpc) is 2.27. The second kappa shape index (κ2) is 8.02. The molecule has 0 atom stereocenters. The van der Waals surface area contributed by atoms with Crippen LogP contribution in [0.25, 0.3) is 0 Å². The Hall–Kier alpha value is -1.26. The third kappa shape index (κ3) is 7.70. The molecule has 0 fully saturated rings. The summed E-state index contributed by atoms with van der Waals surface area (Å²) in [5, 5.41) is 5.56. The maximum absolute atomic E-state index is 11.0. The summed E-state index contributed by atoms with van der Waals surface area (Å²) in [6, 6.07) is 5.57. The number of rotatable bonds is 4. The Morgan fingerprint density at radius 2 is 1.95 bits per heavy atom. The molecule has 1 rings (SSSR count). The number of amides is 1. The number of hydrogen-bond acceptors (Lipinski definition) is 6. The molecule has 1 aromatic rings. The van der Waals surface area contributed by atoms with E-state index >= 15 is 0 Å². The predicted octanol–water partition coefficient (Wildman–Crippen LogP) is -1.07. The minimum Gasteiger partial charge on any atom is -0.728 e. The Bertz CT molecular complexity index is 570. The van der Waals surface area contributed by atoms with Gasteiger partial charge in [-0.25, -0.2) is 13.2 Å². The van der Waals surface area contributed by atoms with Gasteiger partial charge < -0.3 is 9.29 Å². The number of carbonyl (C=O) groups excluding carboxylic acids is 1. The molecule has 0 heterocycles. The van der Waals surface area contributed by atoms with E-state index in [0.717, 1.165) is 6.26 Å². The van der Waals surface area contributed by atoms with Crippen LogP contribution in [-0.4, -0.2) is 19.1 Å². The maximum atomic E-state index is 11.0. The summed E-state index contributed by atoms with van der Waals surface area (Å²) in [6.07, 6.45) is 0.248. The van der Waals surface area contributed by atoms with Crippen LogP contribution in [0.3, 0.4) is 0 Å². The normalized spacial score (nSPS) is 10.6. The second-order valence-electron chi connectivity index (χ2n) is 2.85. The molecule has 0 saturated carbocycles. The van der Waals surface area contributed by atoms with Gasteiger partial charge in [-0.15, -0.1) is 5.11 Å². The largest absolute Gasteiger partial charge is 1.00 e. The van der Waals surface area contributed by atoms with E-state index in [-0.39, 0.29) is 35.2 Å². The molecule has 8 nitrogen and oxygen atoms in total. The van der Waals surface area contributed by atoms with Gasteiger partial charge in [0.05, 0.1) is 11.9 Å². The molecular formula is C9H8N3NaO5S. The van der Waals surface area contributed by atoms with Crippen LogP contribution in [0.5, 0.6) is 0 Å². The molecule has 0 aromatic heterocycles. The SMILES string of the molecule is C=COC(=O)Nc1ccc(N=NS(=O)(=O)[O-])cc1.[Na+]. The summed E-state index contributed by atoms with van der Waals surface area (Å²) < 4.78 is 37.6. The van der Waals surface area contributed by atoms with Crippen molar-refractivity contribution >= 4 is 27.8 Å². The van der Waals surface area contributed by atoms with Crippen molar-refractivity contribution < 1.29 is 52.1 Å². The molecule has 0 radical (unpaired) electrons. The fraction of sp³-hybridized carbons (Fsp3) is 0. The van der Waals surface area contributed by atoms with Gasteiger partial charge in [0.15, 0.2) is 0 Å². The van der Waals surface area contributed by atoms with Crippen molar-refractivity contribution in [2.24, 2.45) is 9.63 Å². The van der Waals surface area contributed by atoms with Gasteiger partial charge in [0.2, 0.25) is 10.3 Å². The standard InChI is InChI=1S/C9H9N3O5S.Na/c1-2-17-9(13)10-7-3-5-8(6-4-7)11-12-18(14,15)16;/h2-6H,1H2,(H,10,13)(H,14,15,16);/q;+1/p-1. The topological polar surface area (TPSA) is 120 Å². The molecule has 0 spiro atoms. The summed E-state index contributed by atoms with van der Waals surface area (Å²) in [7, 11) is -4.75. The van der Waals surface area contributed by atoms with E-state index in [1.54, 1.807) is 0 Å². The van der Waals surface area contributed by atoms with Crippen LogP contribution in [0.4, 0.5) is 16.2 Å². The first-order valence-corrected chi connectivity index (χ1v) is 5.84. The van der Waals surface area contributed by atoms with Gasteiger partial charge in [-0.3, -0.25) is 5.32 Å². The Kier molecular flexibility index (Phi) is 7.49. The number of nitrogens with zero attached hydrogens (tertiary/aromatic N) is 2. The first kappa shape index (κ1) is 17.7. The van der Waals surface area contributed by atoms with Gasteiger partial charge in [-0.2, -0.15) is 0 Å². The van der Waals surface area contributed by atoms with Gasteiger partial charge in [-0.1, -0.05) is 11.1 Å². The quantitative estimate of drug-likeness (QED) is 0.328. The third-order valence-electron chi connectivity index (χ3n) is 1.56. The molecule has 19 heavy (non-hydrogen) atoms. The maximum Gasteiger partial charge on any atom is 1.00 e. The van der Waals surface area contributed by atoms with Crippen LogP contribution >= 0.6 is 0 Å². The van der Waals surface area contributed by atoms with Crippen molar-refractivity contribution in [3.63, 3.8) is 0 Å². The van der Waals surface area contributed by atoms with Gasteiger partial charge >= 0.3 is 35.7 Å². The summed E-state index contributed by atoms with van der Waals surface area (Å²) >= 11 is 0. The number of benzene rings is 1. The zero-order chi connectivity index (χ0) is 13.6. The Morgan fingerprint density at radius 3 is 2.42 bits per heavy atom. The van der Waals surface area contributed by atoms with Crippen molar-refractivity contribution in [1.82, 2.24) is 0 Å². The molecule has 0 unspecified atom stereocenters. The first-order chi connectivity index (χ1) is 8.40. The zero-order valence-corrected chi connectivity index (χ0v) is 12.8. The zero-order valence-electron chi connectivity index (χ0n) is 9.94. The van der Waals surface area contributed by atoms with Crippen LogP contribution in [0.1, 0.15) is 0 Å². The minimum atomic E-state index is -4.75. The second-order valence-corrected chi connectivity index (χ2v) is 3.87. The molecule has 1 aromatic carbocycles. The van der Waals surface area contributed by atoms with E-state index in [1.165, 1.54) is 24.3 Å². The van der Waals surface area contributed by atoms with Crippen molar-refractivity contribution in [2.75, 3.05) is 5.32 Å². The van der Waals surface area contributed by atoms with E-state index in [0.29, 0.717) is 5.69 Å². The summed E-state index contributed by atoms with van der Waals surface area (Å²) in [5.74, 6) is 0. The number of ether oxygens (including phenoxy) is 1. The van der Waals surface area contributed by atoms with Crippen LogP contribution in [-0.2, 0) is 15.0 Å². The molecular weight excluding hydrogens is 285 g/mol. The van der Waals surface area contributed by atoms with Crippen LogP contribution in [0.15, 0.2) is 46.7 Å². The molecule has 96 valence electrons. The number of hydrogen-bond donors (Lipinski definition) is 1. The van der Waals surface area contributed by atoms with Crippen LogP contribution < -0.4 is 34.9 Å².